The van der Waals surface area contributed by atoms with Gasteiger partial charge in [0.2, 0.25) is 5.78 Å². The number of Topliss-reactive ketones (excluding diaryl/α,β-unsaturated/α-hetero) is 2. The second-order valence-electron chi connectivity index (χ2n) is 4.59. The minimum Gasteiger partial charge on any atom is -0.465 e. The van der Waals surface area contributed by atoms with Crippen molar-refractivity contribution in [3.63, 3.8) is 0 Å². The van der Waals surface area contributed by atoms with Crippen LogP contribution in [0, 0.1) is 11.3 Å². The summed E-state index contributed by atoms with van der Waals surface area (Å²) >= 11 is 0. The zero-order valence-electron chi connectivity index (χ0n) is 10.0. The molecule has 1 fully saturated rings. The van der Waals surface area contributed by atoms with Gasteiger partial charge in [0, 0.05) is 6.42 Å². The zero-order chi connectivity index (χ0) is 13.2. The standard InChI is InChI=1S/C11H14N2O4/c1-4-17-10(16)7-9(15)8(13-12)6(14)5-11(7,2)3/h7H,4-5H2,1-3H3/t7-/m0/s1. The number of ether oxygens (including phenoxy) is 1. The highest BCUT2D eigenvalue weighted by atomic mass is 16.5. The molecule has 6 nitrogen and oxygen atoms in total. The number of ketones is 2. The summed E-state index contributed by atoms with van der Waals surface area (Å²) in [5.74, 6) is -3.10. The van der Waals surface area contributed by atoms with Crippen molar-refractivity contribution < 1.29 is 23.9 Å². The number of hydrogen-bond acceptors (Lipinski definition) is 4. The maximum Gasteiger partial charge on any atom is 0.401 e. The van der Waals surface area contributed by atoms with Crippen LogP contribution in [0.5, 0.6) is 0 Å². The van der Waals surface area contributed by atoms with E-state index in [4.69, 9.17) is 10.3 Å². The van der Waals surface area contributed by atoms with E-state index in [1.807, 2.05) is 0 Å². The Labute approximate surface area is 98.6 Å². The molecule has 0 aromatic rings. The van der Waals surface area contributed by atoms with Gasteiger partial charge in [-0.1, -0.05) is 13.8 Å². The molecule has 1 aliphatic carbocycles. The second-order valence-corrected chi connectivity index (χ2v) is 4.59. The molecular weight excluding hydrogens is 224 g/mol. The molecule has 0 aromatic heterocycles. The van der Waals surface area contributed by atoms with E-state index in [1.165, 1.54) is 0 Å². The molecule has 92 valence electrons. The maximum atomic E-state index is 11.9. The lowest BCUT2D eigenvalue weighted by Crippen LogP contribution is -2.50. The summed E-state index contributed by atoms with van der Waals surface area (Å²) in [6.07, 6.45) is -0.0262. The quantitative estimate of drug-likeness (QED) is 0.301. The van der Waals surface area contributed by atoms with Gasteiger partial charge in [0.25, 0.3) is 5.78 Å². The fourth-order valence-corrected chi connectivity index (χ4v) is 1.99. The fourth-order valence-electron chi connectivity index (χ4n) is 1.99. The summed E-state index contributed by atoms with van der Waals surface area (Å²) in [6, 6.07) is 0. The summed E-state index contributed by atoms with van der Waals surface area (Å²) in [5.41, 5.74) is 7.23. The van der Waals surface area contributed by atoms with Crippen molar-refractivity contribution in [1.82, 2.24) is 0 Å². The van der Waals surface area contributed by atoms with Crippen LogP contribution < -0.4 is 0 Å². The molecule has 0 N–H and O–H groups in total. The van der Waals surface area contributed by atoms with Crippen molar-refractivity contribution >= 4 is 23.2 Å². The first kappa shape index (κ1) is 13.3. The summed E-state index contributed by atoms with van der Waals surface area (Å²) in [6.45, 7) is 5.06. The monoisotopic (exact) mass is 238 g/mol. The van der Waals surface area contributed by atoms with E-state index in [9.17, 15) is 14.4 Å². The van der Waals surface area contributed by atoms with Crippen LogP contribution in [0.1, 0.15) is 27.2 Å². The molecule has 1 saturated carbocycles. The van der Waals surface area contributed by atoms with Gasteiger partial charge in [-0.05, 0) is 12.3 Å². The zero-order valence-corrected chi connectivity index (χ0v) is 10.0. The topological polar surface area (TPSA) is 96.8 Å². The number of nitrogens with zero attached hydrogens (tertiary/aromatic N) is 2. The summed E-state index contributed by atoms with van der Waals surface area (Å²) in [7, 11) is 0. The first-order chi connectivity index (χ1) is 7.85. The van der Waals surface area contributed by atoms with Crippen molar-refractivity contribution in [3.05, 3.63) is 5.53 Å². The second kappa shape index (κ2) is 4.59. The lowest BCUT2D eigenvalue weighted by molar-refractivity contribution is -0.158. The molecule has 0 amide bonds. The molecule has 17 heavy (non-hydrogen) atoms. The Balaban J connectivity index is 3.16. The van der Waals surface area contributed by atoms with Crippen LogP contribution >= 0.6 is 0 Å². The van der Waals surface area contributed by atoms with Crippen LogP contribution in [0.4, 0.5) is 0 Å². The van der Waals surface area contributed by atoms with Crippen LogP contribution in [-0.2, 0) is 19.1 Å². The third-order valence-electron chi connectivity index (χ3n) is 2.78. The molecule has 0 aliphatic heterocycles. The maximum absolute atomic E-state index is 11.9. The fraction of sp³-hybridized carbons (Fsp3) is 0.636. The van der Waals surface area contributed by atoms with Gasteiger partial charge in [-0.25, -0.2) is 0 Å². The van der Waals surface area contributed by atoms with Crippen molar-refractivity contribution in [2.45, 2.75) is 27.2 Å². The van der Waals surface area contributed by atoms with E-state index in [2.05, 4.69) is 4.79 Å². The van der Waals surface area contributed by atoms with Crippen molar-refractivity contribution in [2.24, 2.45) is 11.3 Å². The predicted octanol–water partition coefficient (Wildman–Crippen LogP) is 0.405. The van der Waals surface area contributed by atoms with Crippen LogP contribution in [-0.4, -0.2) is 34.6 Å². The molecule has 0 aromatic carbocycles. The molecule has 0 saturated heterocycles. The van der Waals surface area contributed by atoms with Crippen LogP contribution in [0.25, 0.3) is 5.53 Å². The minimum absolute atomic E-state index is 0.0262. The molecule has 0 radical (unpaired) electrons. The lowest BCUT2D eigenvalue weighted by Gasteiger charge is -2.32. The molecule has 0 bridgehead atoms. The summed E-state index contributed by atoms with van der Waals surface area (Å²) in [5, 5.41) is 0. The van der Waals surface area contributed by atoms with E-state index in [1.54, 1.807) is 20.8 Å². The van der Waals surface area contributed by atoms with E-state index in [0.717, 1.165) is 0 Å². The third kappa shape index (κ3) is 2.31. The normalized spacial score (nSPS) is 23.2. The van der Waals surface area contributed by atoms with E-state index in [0.29, 0.717) is 0 Å². The highest BCUT2D eigenvalue weighted by Crippen LogP contribution is 2.36. The first-order valence-corrected chi connectivity index (χ1v) is 5.31. The van der Waals surface area contributed by atoms with E-state index < -0.39 is 34.6 Å². The summed E-state index contributed by atoms with van der Waals surface area (Å²) < 4.78 is 4.81. The van der Waals surface area contributed by atoms with Crippen molar-refractivity contribution in [1.29, 1.82) is 0 Å². The number of carbonyl (C=O) groups is 3. The number of rotatable bonds is 2. The number of esters is 1. The Morgan fingerprint density at radius 1 is 1.53 bits per heavy atom. The average molecular weight is 238 g/mol. The number of hydrogen-bond donors (Lipinski definition) is 0. The average Bonchev–Trinajstić information content (AvgIpc) is 2.15. The molecule has 6 heteroatoms. The van der Waals surface area contributed by atoms with Crippen LogP contribution in [0.2, 0.25) is 0 Å². The Bertz CT molecular complexity index is 433. The Hall–Kier alpha value is -1.81. The highest BCUT2D eigenvalue weighted by molar-refractivity contribution is 6.66. The molecule has 0 unspecified atom stereocenters. The van der Waals surface area contributed by atoms with Gasteiger partial charge in [-0.2, -0.15) is 4.79 Å². The van der Waals surface area contributed by atoms with Gasteiger partial charge < -0.3 is 10.3 Å². The lowest BCUT2D eigenvalue weighted by atomic mass is 9.67. The van der Waals surface area contributed by atoms with Gasteiger partial charge in [0.1, 0.15) is 5.92 Å². The molecular formula is C11H14N2O4. The van der Waals surface area contributed by atoms with Gasteiger partial charge in [0.05, 0.1) is 6.61 Å². The Morgan fingerprint density at radius 3 is 2.59 bits per heavy atom. The van der Waals surface area contributed by atoms with Crippen molar-refractivity contribution in [2.75, 3.05) is 6.61 Å². The van der Waals surface area contributed by atoms with Gasteiger partial charge >= 0.3 is 11.7 Å². The van der Waals surface area contributed by atoms with Crippen molar-refractivity contribution in [3.8, 4) is 0 Å². The Kier molecular flexibility index (Phi) is 3.58. The molecule has 0 heterocycles. The SMILES string of the molecule is CCOC(=O)[C@@H]1C(=O)C(=[N+]=[N-])C(=O)CC1(C)C. The molecule has 0 spiro atoms. The smallest absolute Gasteiger partial charge is 0.401 e. The molecule has 1 atom stereocenters. The largest absolute Gasteiger partial charge is 0.465 e. The minimum atomic E-state index is -1.09. The van der Waals surface area contributed by atoms with Gasteiger partial charge in [-0.3, -0.25) is 14.4 Å². The third-order valence-corrected chi connectivity index (χ3v) is 2.78. The molecule has 1 rings (SSSR count). The van der Waals surface area contributed by atoms with Gasteiger partial charge in [0.15, 0.2) is 0 Å². The first-order valence-electron chi connectivity index (χ1n) is 5.31. The highest BCUT2D eigenvalue weighted by Gasteiger charge is 2.54. The van der Waals surface area contributed by atoms with E-state index >= 15 is 0 Å². The van der Waals surface area contributed by atoms with Crippen LogP contribution in [0.3, 0.4) is 0 Å². The van der Waals surface area contributed by atoms with Gasteiger partial charge in [-0.15, -0.1) is 0 Å². The van der Waals surface area contributed by atoms with E-state index in [-0.39, 0.29) is 13.0 Å². The van der Waals surface area contributed by atoms with Crippen LogP contribution in [0.15, 0.2) is 0 Å². The Morgan fingerprint density at radius 2 is 2.12 bits per heavy atom. The summed E-state index contributed by atoms with van der Waals surface area (Å²) in [4.78, 5) is 37.8. The molecule has 1 aliphatic rings. The number of carbonyl (C=O) groups excluding carboxylic acids is 3. The predicted molar refractivity (Wildman–Crippen MR) is 57.2 cm³/mol.